The minimum atomic E-state index is -1.41. The predicted octanol–water partition coefficient (Wildman–Crippen LogP) is 4.68. The normalized spacial score (nSPS) is 12.3. The molecule has 1 unspecified atom stereocenters. The molecule has 0 N–H and O–H groups in total. The van der Waals surface area contributed by atoms with Crippen molar-refractivity contribution in [3.8, 4) is 22.6 Å². The van der Waals surface area contributed by atoms with Gasteiger partial charge >= 0.3 is 5.97 Å². The van der Waals surface area contributed by atoms with Crippen molar-refractivity contribution in [1.29, 1.82) is 0 Å². The standard InChI is InChI=1S/C20H22O4S/c1-14(2)19(21)23-17-10-6-15(7-11-17)16-8-12-18(13-9-16)24-25(22)20(3,4)5/h6-13H,1H2,2-5H3. The summed E-state index contributed by atoms with van der Waals surface area (Å²) in [4.78, 5) is 11.5. The first-order valence-electron chi connectivity index (χ1n) is 7.85. The number of hydrogen-bond acceptors (Lipinski definition) is 4. The fourth-order valence-corrected chi connectivity index (χ4v) is 2.36. The third-order valence-electron chi connectivity index (χ3n) is 3.27. The maximum absolute atomic E-state index is 12.0. The number of hydrogen-bond donors (Lipinski definition) is 0. The molecule has 2 aromatic rings. The SMILES string of the molecule is C=C(C)C(=O)Oc1ccc(-c2ccc(OS(=O)C(C)(C)C)cc2)cc1. The summed E-state index contributed by atoms with van der Waals surface area (Å²) in [7, 11) is 0. The molecule has 0 aliphatic carbocycles. The highest BCUT2D eigenvalue weighted by molar-refractivity contribution is 7.82. The van der Waals surface area contributed by atoms with Crippen LogP contribution in [0.5, 0.6) is 11.5 Å². The van der Waals surface area contributed by atoms with Gasteiger partial charge in [0, 0.05) is 5.57 Å². The van der Waals surface area contributed by atoms with E-state index in [1.165, 1.54) is 0 Å². The summed E-state index contributed by atoms with van der Waals surface area (Å²) in [5, 5.41) is 0. The first-order chi connectivity index (χ1) is 11.7. The van der Waals surface area contributed by atoms with Crippen LogP contribution in [0.3, 0.4) is 0 Å². The fraction of sp³-hybridized carbons (Fsp3) is 0.250. The van der Waals surface area contributed by atoms with Crippen LogP contribution in [0.25, 0.3) is 11.1 Å². The minimum absolute atomic E-state index is 0.354. The summed E-state index contributed by atoms with van der Waals surface area (Å²) in [5.41, 5.74) is 2.30. The molecule has 0 saturated heterocycles. The van der Waals surface area contributed by atoms with Crippen molar-refractivity contribution < 1.29 is 17.9 Å². The second kappa shape index (κ2) is 7.66. The van der Waals surface area contributed by atoms with E-state index < -0.39 is 21.8 Å². The monoisotopic (exact) mass is 358 g/mol. The summed E-state index contributed by atoms with van der Waals surface area (Å²) in [6.07, 6.45) is 0. The third kappa shape index (κ3) is 5.29. The molecule has 4 nitrogen and oxygen atoms in total. The van der Waals surface area contributed by atoms with E-state index in [9.17, 15) is 9.00 Å². The quantitative estimate of drug-likeness (QED) is 0.442. The first-order valence-corrected chi connectivity index (χ1v) is 8.93. The van der Waals surface area contributed by atoms with Gasteiger partial charge in [0.1, 0.15) is 11.5 Å². The van der Waals surface area contributed by atoms with Gasteiger partial charge in [-0.1, -0.05) is 30.8 Å². The van der Waals surface area contributed by atoms with Crippen LogP contribution < -0.4 is 8.92 Å². The summed E-state index contributed by atoms with van der Waals surface area (Å²) < 4.78 is 22.2. The number of esters is 1. The molecule has 0 spiro atoms. The molecule has 0 radical (unpaired) electrons. The lowest BCUT2D eigenvalue weighted by molar-refractivity contribution is -0.130. The molecule has 132 valence electrons. The third-order valence-corrected chi connectivity index (χ3v) is 4.62. The summed E-state index contributed by atoms with van der Waals surface area (Å²) in [5.74, 6) is 0.586. The number of ether oxygens (including phenoxy) is 1. The summed E-state index contributed by atoms with van der Waals surface area (Å²) >= 11 is -1.41. The Balaban J connectivity index is 2.08. The van der Waals surface area contributed by atoms with Crippen molar-refractivity contribution in [2.24, 2.45) is 0 Å². The summed E-state index contributed by atoms with van der Waals surface area (Å²) in [6, 6.07) is 14.6. The van der Waals surface area contributed by atoms with Crippen LogP contribution in [0.1, 0.15) is 27.7 Å². The molecule has 0 saturated carbocycles. The van der Waals surface area contributed by atoms with Gasteiger partial charge in [-0.2, -0.15) is 0 Å². The molecule has 0 fully saturated rings. The van der Waals surface area contributed by atoms with E-state index in [0.717, 1.165) is 11.1 Å². The second-order valence-electron chi connectivity index (χ2n) is 6.65. The van der Waals surface area contributed by atoms with E-state index in [4.69, 9.17) is 8.92 Å². The highest BCUT2D eigenvalue weighted by Crippen LogP contribution is 2.26. The number of carbonyl (C=O) groups is 1. The molecule has 0 aliphatic rings. The molecular formula is C20H22O4S. The lowest BCUT2D eigenvalue weighted by Gasteiger charge is -2.17. The summed E-state index contributed by atoms with van der Waals surface area (Å²) in [6.45, 7) is 10.7. The second-order valence-corrected chi connectivity index (χ2v) is 8.51. The Morgan fingerprint density at radius 3 is 1.76 bits per heavy atom. The Morgan fingerprint density at radius 1 is 0.920 bits per heavy atom. The smallest absolute Gasteiger partial charge is 0.338 e. The van der Waals surface area contributed by atoms with Crippen molar-refractivity contribution in [2.45, 2.75) is 32.4 Å². The zero-order valence-corrected chi connectivity index (χ0v) is 15.7. The highest BCUT2D eigenvalue weighted by atomic mass is 32.2. The van der Waals surface area contributed by atoms with Crippen LogP contribution in [0.4, 0.5) is 0 Å². The molecule has 2 rings (SSSR count). The van der Waals surface area contributed by atoms with Crippen LogP contribution in [0, 0.1) is 0 Å². The van der Waals surface area contributed by atoms with Crippen LogP contribution in [0.2, 0.25) is 0 Å². The van der Waals surface area contributed by atoms with E-state index in [1.807, 2.05) is 45.0 Å². The molecular weight excluding hydrogens is 336 g/mol. The van der Waals surface area contributed by atoms with Crippen molar-refractivity contribution in [1.82, 2.24) is 0 Å². The Hall–Kier alpha value is -2.40. The maximum Gasteiger partial charge on any atom is 0.338 e. The molecule has 0 amide bonds. The van der Waals surface area contributed by atoms with Gasteiger partial charge in [-0.05, 0) is 63.1 Å². The minimum Gasteiger partial charge on any atom is -0.423 e. The van der Waals surface area contributed by atoms with Crippen molar-refractivity contribution in [2.75, 3.05) is 0 Å². The zero-order valence-electron chi connectivity index (χ0n) is 14.9. The van der Waals surface area contributed by atoms with E-state index >= 15 is 0 Å². The van der Waals surface area contributed by atoms with E-state index in [2.05, 4.69) is 6.58 Å². The molecule has 0 heterocycles. The van der Waals surface area contributed by atoms with Gasteiger partial charge in [0.2, 0.25) is 11.1 Å². The van der Waals surface area contributed by atoms with Crippen molar-refractivity contribution in [3.05, 3.63) is 60.7 Å². The average Bonchev–Trinajstić information content (AvgIpc) is 2.55. The van der Waals surface area contributed by atoms with E-state index in [0.29, 0.717) is 17.1 Å². The van der Waals surface area contributed by atoms with Crippen LogP contribution >= 0.6 is 0 Å². The van der Waals surface area contributed by atoms with Gasteiger partial charge in [-0.3, -0.25) is 0 Å². The Morgan fingerprint density at radius 2 is 1.36 bits per heavy atom. The van der Waals surface area contributed by atoms with Crippen LogP contribution in [0.15, 0.2) is 60.7 Å². The lowest BCUT2D eigenvalue weighted by Crippen LogP contribution is -2.25. The Labute approximate surface area is 151 Å². The molecule has 2 aromatic carbocycles. The molecule has 25 heavy (non-hydrogen) atoms. The maximum atomic E-state index is 12.0. The predicted molar refractivity (Wildman–Crippen MR) is 101 cm³/mol. The van der Waals surface area contributed by atoms with Crippen molar-refractivity contribution >= 4 is 17.0 Å². The zero-order chi connectivity index (χ0) is 18.6. The molecule has 1 atom stereocenters. The topological polar surface area (TPSA) is 52.6 Å². The lowest BCUT2D eigenvalue weighted by atomic mass is 10.1. The van der Waals surface area contributed by atoms with Gasteiger partial charge < -0.3 is 8.92 Å². The van der Waals surface area contributed by atoms with E-state index in [1.54, 1.807) is 31.2 Å². The van der Waals surface area contributed by atoms with Gasteiger partial charge in [0.25, 0.3) is 0 Å². The average molecular weight is 358 g/mol. The van der Waals surface area contributed by atoms with Crippen LogP contribution in [-0.2, 0) is 15.9 Å². The Kier molecular flexibility index (Phi) is 5.80. The first kappa shape index (κ1) is 18.9. The molecule has 0 aromatic heterocycles. The largest absolute Gasteiger partial charge is 0.423 e. The fourth-order valence-electron chi connectivity index (χ4n) is 1.82. The van der Waals surface area contributed by atoms with Gasteiger partial charge in [0.15, 0.2) is 0 Å². The molecule has 5 heteroatoms. The molecule has 0 bridgehead atoms. The van der Waals surface area contributed by atoms with Crippen LogP contribution in [-0.4, -0.2) is 14.9 Å². The number of rotatable bonds is 5. The number of carbonyl (C=O) groups excluding carboxylic acids is 1. The van der Waals surface area contributed by atoms with Crippen molar-refractivity contribution in [3.63, 3.8) is 0 Å². The highest BCUT2D eigenvalue weighted by Gasteiger charge is 2.21. The van der Waals surface area contributed by atoms with Gasteiger partial charge in [0.05, 0.1) is 4.75 Å². The molecule has 0 aliphatic heterocycles. The Bertz CT molecular complexity index is 784. The van der Waals surface area contributed by atoms with Gasteiger partial charge in [-0.15, -0.1) is 0 Å². The van der Waals surface area contributed by atoms with Gasteiger partial charge in [-0.25, -0.2) is 9.00 Å². The number of benzene rings is 2. The van der Waals surface area contributed by atoms with E-state index in [-0.39, 0.29) is 0 Å².